The highest BCUT2D eigenvalue weighted by atomic mass is 16.4. The molecule has 1 saturated heterocycles. The molecule has 14 heavy (non-hydrogen) atoms. The van der Waals surface area contributed by atoms with Crippen LogP contribution in [0.3, 0.4) is 0 Å². The lowest BCUT2D eigenvalue weighted by molar-refractivity contribution is -0.144. The summed E-state index contributed by atoms with van der Waals surface area (Å²) in [6.45, 7) is 3.39. The van der Waals surface area contributed by atoms with Gasteiger partial charge in [0.2, 0.25) is 0 Å². The van der Waals surface area contributed by atoms with Crippen molar-refractivity contribution in [2.45, 2.75) is 25.3 Å². The molecular formula is C10H18N2O2. The summed E-state index contributed by atoms with van der Waals surface area (Å²) in [5.74, 6) is 0.0754. The molecule has 80 valence electrons. The maximum atomic E-state index is 11.0. The lowest BCUT2D eigenvalue weighted by Gasteiger charge is -2.38. The molecule has 1 saturated carbocycles. The van der Waals surface area contributed by atoms with Gasteiger partial charge in [-0.15, -0.1) is 0 Å². The van der Waals surface area contributed by atoms with Gasteiger partial charge in [0.25, 0.3) is 0 Å². The molecular weight excluding hydrogens is 180 g/mol. The van der Waals surface area contributed by atoms with E-state index < -0.39 is 5.97 Å². The van der Waals surface area contributed by atoms with Crippen LogP contribution >= 0.6 is 0 Å². The molecule has 0 aromatic carbocycles. The van der Waals surface area contributed by atoms with Crippen molar-refractivity contribution in [3.8, 4) is 0 Å². The number of carboxylic acids is 1. The third kappa shape index (κ3) is 2.07. The number of aliphatic carboxylic acids is 1. The summed E-state index contributed by atoms with van der Waals surface area (Å²) in [7, 11) is 0. The van der Waals surface area contributed by atoms with Crippen LogP contribution in [0.15, 0.2) is 0 Å². The summed E-state index contributed by atoms with van der Waals surface area (Å²) in [5, 5.41) is 12.2. The lowest BCUT2D eigenvalue weighted by atomic mass is 9.84. The molecule has 1 atom stereocenters. The summed E-state index contributed by atoms with van der Waals surface area (Å²) in [5.41, 5.74) is 0. The maximum Gasteiger partial charge on any atom is 0.322 e. The molecule has 0 bridgehead atoms. The Morgan fingerprint density at radius 3 is 2.86 bits per heavy atom. The Kier molecular flexibility index (Phi) is 3.03. The zero-order valence-corrected chi connectivity index (χ0v) is 8.41. The van der Waals surface area contributed by atoms with Crippen LogP contribution in [0, 0.1) is 5.92 Å². The van der Waals surface area contributed by atoms with E-state index in [1.165, 1.54) is 19.3 Å². The van der Waals surface area contributed by atoms with E-state index in [1.807, 2.05) is 0 Å². The smallest absolute Gasteiger partial charge is 0.322 e. The van der Waals surface area contributed by atoms with Crippen LogP contribution in [0.5, 0.6) is 0 Å². The molecule has 0 spiro atoms. The number of piperazine rings is 1. The molecule has 4 heteroatoms. The standard InChI is InChI=1S/C10H18N2O2/c13-10(14)9-6-11-4-5-12(9)7-8-2-1-3-8/h8-9,11H,1-7H2,(H,13,14). The van der Waals surface area contributed by atoms with Crippen molar-refractivity contribution in [1.82, 2.24) is 10.2 Å². The maximum absolute atomic E-state index is 11.0. The molecule has 4 nitrogen and oxygen atoms in total. The van der Waals surface area contributed by atoms with Crippen LogP contribution < -0.4 is 5.32 Å². The fraction of sp³-hybridized carbons (Fsp3) is 0.900. The topological polar surface area (TPSA) is 52.6 Å². The average molecular weight is 198 g/mol. The lowest BCUT2D eigenvalue weighted by Crippen LogP contribution is -2.56. The molecule has 1 unspecified atom stereocenters. The SMILES string of the molecule is O=C(O)C1CNCCN1CC1CCC1. The second kappa shape index (κ2) is 4.28. The predicted octanol–water partition coefficient (Wildman–Crippen LogP) is 0.145. The molecule has 0 amide bonds. The molecule has 0 aromatic rings. The quantitative estimate of drug-likeness (QED) is 0.677. The molecule has 2 aliphatic rings. The van der Waals surface area contributed by atoms with Gasteiger partial charge in [0.1, 0.15) is 6.04 Å². The number of nitrogens with one attached hydrogen (secondary N) is 1. The van der Waals surface area contributed by atoms with Crippen molar-refractivity contribution in [3.05, 3.63) is 0 Å². The fourth-order valence-corrected chi connectivity index (χ4v) is 2.22. The molecule has 1 heterocycles. The van der Waals surface area contributed by atoms with Gasteiger partial charge < -0.3 is 10.4 Å². The van der Waals surface area contributed by atoms with Crippen molar-refractivity contribution in [3.63, 3.8) is 0 Å². The highest BCUT2D eigenvalue weighted by molar-refractivity contribution is 5.73. The predicted molar refractivity (Wildman–Crippen MR) is 53.2 cm³/mol. The van der Waals surface area contributed by atoms with E-state index in [2.05, 4.69) is 10.2 Å². The van der Waals surface area contributed by atoms with Crippen LogP contribution in [0.2, 0.25) is 0 Å². The Morgan fingerprint density at radius 2 is 2.29 bits per heavy atom. The second-order valence-corrected chi connectivity index (χ2v) is 4.35. The minimum Gasteiger partial charge on any atom is -0.480 e. The summed E-state index contributed by atoms with van der Waals surface area (Å²) in [6.07, 6.45) is 3.90. The minimum absolute atomic E-state index is 0.302. The molecule has 2 fully saturated rings. The van der Waals surface area contributed by atoms with Gasteiger partial charge in [-0.25, -0.2) is 0 Å². The highest BCUT2D eigenvalue weighted by Crippen LogP contribution is 2.27. The van der Waals surface area contributed by atoms with E-state index in [0.29, 0.717) is 6.54 Å². The zero-order valence-electron chi connectivity index (χ0n) is 8.41. The Hall–Kier alpha value is -0.610. The molecule has 1 aliphatic carbocycles. The van der Waals surface area contributed by atoms with Crippen molar-refractivity contribution in [2.75, 3.05) is 26.2 Å². The molecule has 0 radical (unpaired) electrons. The molecule has 2 rings (SSSR count). The van der Waals surface area contributed by atoms with E-state index in [4.69, 9.17) is 5.11 Å². The van der Waals surface area contributed by atoms with Crippen molar-refractivity contribution >= 4 is 5.97 Å². The van der Waals surface area contributed by atoms with Gasteiger partial charge >= 0.3 is 5.97 Å². The molecule has 1 aliphatic heterocycles. The van der Waals surface area contributed by atoms with E-state index in [9.17, 15) is 4.79 Å². The Balaban J connectivity index is 1.88. The highest BCUT2D eigenvalue weighted by Gasteiger charge is 2.31. The minimum atomic E-state index is -0.684. The Morgan fingerprint density at radius 1 is 1.50 bits per heavy atom. The van der Waals surface area contributed by atoms with Gasteiger partial charge in [0, 0.05) is 26.2 Å². The van der Waals surface area contributed by atoms with E-state index in [0.717, 1.165) is 25.6 Å². The van der Waals surface area contributed by atoms with Gasteiger partial charge in [0.15, 0.2) is 0 Å². The van der Waals surface area contributed by atoms with Gasteiger partial charge in [-0.2, -0.15) is 0 Å². The van der Waals surface area contributed by atoms with Crippen LogP contribution in [-0.4, -0.2) is 48.2 Å². The monoisotopic (exact) mass is 198 g/mol. The molecule has 2 N–H and O–H groups in total. The Bertz CT molecular complexity index is 216. The van der Waals surface area contributed by atoms with Crippen LogP contribution in [-0.2, 0) is 4.79 Å². The first kappa shape index (κ1) is 9.93. The number of hydrogen-bond donors (Lipinski definition) is 2. The van der Waals surface area contributed by atoms with Crippen LogP contribution in [0.4, 0.5) is 0 Å². The third-order valence-electron chi connectivity index (χ3n) is 3.36. The summed E-state index contributed by atoms with van der Waals surface area (Å²) < 4.78 is 0. The number of rotatable bonds is 3. The van der Waals surface area contributed by atoms with E-state index >= 15 is 0 Å². The second-order valence-electron chi connectivity index (χ2n) is 4.35. The number of nitrogens with zero attached hydrogens (tertiary/aromatic N) is 1. The first-order chi connectivity index (χ1) is 6.77. The first-order valence-corrected chi connectivity index (χ1v) is 5.45. The largest absolute Gasteiger partial charge is 0.480 e. The van der Waals surface area contributed by atoms with Gasteiger partial charge in [-0.05, 0) is 18.8 Å². The van der Waals surface area contributed by atoms with Crippen LogP contribution in [0.25, 0.3) is 0 Å². The molecule has 0 aromatic heterocycles. The summed E-state index contributed by atoms with van der Waals surface area (Å²) in [4.78, 5) is 13.1. The van der Waals surface area contributed by atoms with E-state index in [1.54, 1.807) is 0 Å². The Labute approximate surface area is 84.3 Å². The van der Waals surface area contributed by atoms with Crippen molar-refractivity contribution in [1.29, 1.82) is 0 Å². The van der Waals surface area contributed by atoms with E-state index in [-0.39, 0.29) is 6.04 Å². The summed E-state index contributed by atoms with van der Waals surface area (Å²) >= 11 is 0. The number of hydrogen-bond acceptors (Lipinski definition) is 3. The van der Waals surface area contributed by atoms with Gasteiger partial charge in [-0.3, -0.25) is 9.69 Å². The van der Waals surface area contributed by atoms with Crippen molar-refractivity contribution in [2.24, 2.45) is 5.92 Å². The van der Waals surface area contributed by atoms with Crippen LogP contribution in [0.1, 0.15) is 19.3 Å². The zero-order chi connectivity index (χ0) is 9.97. The van der Waals surface area contributed by atoms with Crippen molar-refractivity contribution < 1.29 is 9.90 Å². The summed E-state index contributed by atoms with van der Waals surface area (Å²) in [6, 6.07) is -0.302. The average Bonchev–Trinajstić information content (AvgIpc) is 2.12. The number of carbonyl (C=O) groups is 1. The third-order valence-corrected chi connectivity index (χ3v) is 3.36. The van der Waals surface area contributed by atoms with Gasteiger partial charge in [0.05, 0.1) is 0 Å². The fourth-order valence-electron chi connectivity index (χ4n) is 2.22. The first-order valence-electron chi connectivity index (χ1n) is 5.45. The van der Waals surface area contributed by atoms with Gasteiger partial charge in [-0.1, -0.05) is 6.42 Å². The normalized spacial score (nSPS) is 29.9. The number of carboxylic acid groups (broad SMARTS) is 1.